The number of aromatic nitrogens is 1. The van der Waals surface area contributed by atoms with Gasteiger partial charge in [-0.15, -0.1) is 11.3 Å². The van der Waals surface area contributed by atoms with Crippen LogP contribution in [0, 0.1) is 0 Å². The first-order valence-corrected chi connectivity index (χ1v) is 10.4. The predicted molar refractivity (Wildman–Crippen MR) is 120 cm³/mol. The van der Waals surface area contributed by atoms with E-state index in [1.54, 1.807) is 18.3 Å². The lowest BCUT2D eigenvalue weighted by Crippen LogP contribution is -2.07. The predicted octanol–water partition coefficient (Wildman–Crippen LogP) is 6.82. The topological polar surface area (TPSA) is 42.0 Å². The van der Waals surface area contributed by atoms with Gasteiger partial charge in [0.2, 0.25) is 5.91 Å². The summed E-state index contributed by atoms with van der Waals surface area (Å²) in [6.45, 7) is 4.31. The van der Waals surface area contributed by atoms with Crippen LogP contribution in [0.25, 0.3) is 6.08 Å². The Morgan fingerprint density at radius 3 is 2.46 bits per heavy atom. The van der Waals surface area contributed by atoms with Gasteiger partial charge in [-0.05, 0) is 46.9 Å². The van der Waals surface area contributed by atoms with Crippen molar-refractivity contribution < 1.29 is 4.79 Å². The minimum atomic E-state index is -0.209. The number of carbonyl (C=O) groups is 1. The first kappa shape index (κ1) is 20.6. The number of benzene rings is 2. The van der Waals surface area contributed by atoms with E-state index in [-0.39, 0.29) is 5.91 Å². The number of nitrogens with zero attached hydrogens (tertiary/aromatic N) is 1. The number of amides is 1. The Hall–Kier alpha value is -2.14. The van der Waals surface area contributed by atoms with Gasteiger partial charge < -0.3 is 0 Å². The molecule has 1 aromatic heterocycles. The van der Waals surface area contributed by atoms with Gasteiger partial charge in [0.15, 0.2) is 5.13 Å². The Morgan fingerprint density at radius 2 is 1.82 bits per heavy atom. The first-order valence-electron chi connectivity index (χ1n) is 8.88. The summed E-state index contributed by atoms with van der Waals surface area (Å²) in [5, 5.41) is 4.57. The molecular formula is C22H20Cl2N2OS. The molecule has 3 rings (SSSR count). The molecule has 1 amide bonds. The minimum Gasteiger partial charge on any atom is -0.298 e. The second-order valence-electron chi connectivity index (χ2n) is 6.73. The summed E-state index contributed by atoms with van der Waals surface area (Å²) < 4.78 is 0. The van der Waals surface area contributed by atoms with E-state index in [0.29, 0.717) is 27.5 Å². The zero-order valence-corrected chi connectivity index (χ0v) is 17.9. The van der Waals surface area contributed by atoms with Crippen LogP contribution >= 0.6 is 34.5 Å². The molecule has 6 heteroatoms. The fourth-order valence-electron chi connectivity index (χ4n) is 2.67. The number of thiazole rings is 1. The van der Waals surface area contributed by atoms with Crippen molar-refractivity contribution in [3.63, 3.8) is 0 Å². The van der Waals surface area contributed by atoms with Gasteiger partial charge >= 0.3 is 0 Å². The number of rotatable bonds is 6. The Morgan fingerprint density at radius 1 is 1.14 bits per heavy atom. The smallest absolute Gasteiger partial charge is 0.250 e. The van der Waals surface area contributed by atoms with Gasteiger partial charge in [0.1, 0.15) is 0 Å². The quantitative estimate of drug-likeness (QED) is 0.436. The summed E-state index contributed by atoms with van der Waals surface area (Å²) in [5.41, 5.74) is 3.26. The summed E-state index contributed by atoms with van der Waals surface area (Å²) in [6, 6.07) is 13.6. The molecule has 0 saturated carbocycles. The maximum absolute atomic E-state index is 12.2. The Bertz CT molecular complexity index is 974. The highest BCUT2D eigenvalue weighted by atomic mass is 35.5. The zero-order valence-electron chi connectivity index (χ0n) is 15.6. The van der Waals surface area contributed by atoms with E-state index in [0.717, 1.165) is 16.0 Å². The minimum absolute atomic E-state index is 0.209. The van der Waals surface area contributed by atoms with Gasteiger partial charge in [-0.2, -0.15) is 0 Å². The van der Waals surface area contributed by atoms with E-state index < -0.39 is 0 Å². The third-order valence-electron chi connectivity index (χ3n) is 4.11. The van der Waals surface area contributed by atoms with Crippen LogP contribution in [0.1, 0.15) is 41.3 Å². The fraction of sp³-hybridized carbons (Fsp3) is 0.182. The molecule has 0 saturated heterocycles. The summed E-state index contributed by atoms with van der Waals surface area (Å²) in [7, 11) is 0. The summed E-state index contributed by atoms with van der Waals surface area (Å²) >= 11 is 13.5. The summed E-state index contributed by atoms with van der Waals surface area (Å²) in [5.74, 6) is 0.281. The highest BCUT2D eigenvalue weighted by Gasteiger charge is 2.07. The summed E-state index contributed by atoms with van der Waals surface area (Å²) in [6.07, 6.45) is 5.72. The van der Waals surface area contributed by atoms with Gasteiger partial charge in [-0.3, -0.25) is 10.1 Å². The molecular weight excluding hydrogens is 411 g/mol. The standard InChI is InChI=1S/C22H20Cl2N2OS/c1-14(2)17-6-3-15(4-7-17)5-8-21(27)26-22-25-13-20(28-22)11-16-9-18(23)12-19(24)10-16/h3-10,12-14H,11H2,1-2H3,(H,25,26,27)/b8-5+. The molecule has 1 N–H and O–H groups in total. The van der Waals surface area contributed by atoms with E-state index in [4.69, 9.17) is 23.2 Å². The van der Waals surface area contributed by atoms with Crippen LogP contribution in [0.2, 0.25) is 10.0 Å². The van der Waals surface area contributed by atoms with Crippen LogP contribution in [-0.2, 0) is 11.2 Å². The van der Waals surface area contributed by atoms with E-state index >= 15 is 0 Å². The number of anilines is 1. The highest BCUT2D eigenvalue weighted by Crippen LogP contribution is 2.25. The van der Waals surface area contributed by atoms with Crippen molar-refractivity contribution in [2.24, 2.45) is 0 Å². The van der Waals surface area contributed by atoms with Crippen molar-refractivity contribution in [2.45, 2.75) is 26.2 Å². The van der Waals surface area contributed by atoms with Gasteiger partial charge in [-0.1, -0.05) is 61.3 Å². The first-order chi connectivity index (χ1) is 13.4. The Labute approximate surface area is 179 Å². The molecule has 2 aromatic carbocycles. The highest BCUT2D eigenvalue weighted by molar-refractivity contribution is 7.15. The Kier molecular flexibility index (Phi) is 6.89. The zero-order chi connectivity index (χ0) is 20.1. The molecule has 0 bridgehead atoms. The average molecular weight is 431 g/mol. The monoisotopic (exact) mass is 430 g/mol. The number of carbonyl (C=O) groups excluding carboxylic acids is 1. The molecule has 1 heterocycles. The fourth-order valence-corrected chi connectivity index (χ4v) is 4.09. The molecule has 28 heavy (non-hydrogen) atoms. The maximum Gasteiger partial charge on any atom is 0.250 e. The van der Waals surface area contributed by atoms with Crippen LogP contribution in [0.15, 0.2) is 54.7 Å². The van der Waals surface area contributed by atoms with E-state index in [2.05, 4.69) is 36.3 Å². The second kappa shape index (κ2) is 9.37. The number of halogens is 2. The van der Waals surface area contributed by atoms with Gasteiger partial charge in [0, 0.05) is 33.6 Å². The molecule has 0 spiro atoms. The molecule has 0 aliphatic heterocycles. The second-order valence-corrected chi connectivity index (χ2v) is 8.72. The van der Waals surface area contributed by atoms with Crippen molar-refractivity contribution in [2.75, 3.05) is 5.32 Å². The normalized spacial score (nSPS) is 11.3. The van der Waals surface area contributed by atoms with E-state index in [1.807, 2.05) is 24.3 Å². The van der Waals surface area contributed by atoms with Crippen molar-refractivity contribution in [3.05, 3.63) is 86.4 Å². The van der Waals surface area contributed by atoms with Crippen molar-refractivity contribution in [1.29, 1.82) is 0 Å². The van der Waals surface area contributed by atoms with E-state index in [9.17, 15) is 4.79 Å². The maximum atomic E-state index is 12.2. The molecule has 0 aliphatic rings. The van der Waals surface area contributed by atoms with Crippen LogP contribution in [-0.4, -0.2) is 10.9 Å². The number of hydrogen-bond donors (Lipinski definition) is 1. The third-order valence-corrected chi connectivity index (χ3v) is 5.46. The third kappa shape index (κ3) is 5.93. The molecule has 0 fully saturated rings. The molecule has 3 aromatic rings. The number of nitrogens with one attached hydrogen (secondary N) is 1. The molecule has 3 nitrogen and oxygen atoms in total. The van der Waals surface area contributed by atoms with Crippen molar-refractivity contribution >= 4 is 51.7 Å². The SMILES string of the molecule is CC(C)c1ccc(/C=C/C(=O)Nc2ncc(Cc3cc(Cl)cc(Cl)c3)s2)cc1. The molecule has 0 aliphatic carbocycles. The molecule has 144 valence electrons. The lowest BCUT2D eigenvalue weighted by molar-refractivity contribution is -0.111. The van der Waals surface area contributed by atoms with Gasteiger partial charge in [0.25, 0.3) is 0 Å². The van der Waals surface area contributed by atoms with Crippen molar-refractivity contribution in [3.8, 4) is 0 Å². The van der Waals surface area contributed by atoms with Crippen molar-refractivity contribution in [1.82, 2.24) is 4.98 Å². The lowest BCUT2D eigenvalue weighted by atomic mass is 10.0. The largest absolute Gasteiger partial charge is 0.298 e. The van der Waals surface area contributed by atoms with Crippen LogP contribution in [0.3, 0.4) is 0 Å². The molecule has 0 atom stereocenters. The van der Waals surface area contributed by atoms with Crippen LogP contribution in [0.5, 0.6) is 0 Å². The Balaban J connectivity index is 1.58. The van der Waals surface area contributed by atoms with E-state index in [1.165, 1.54) is 23.0 Å². The van der Waals surface area contributed by atoms with Gasteiger partial charge in [-0.25, -0.2) is 4.98 Å². The number of hydrogen-bond acceptors (Lipinski definition) is 3. The molecule has 0 unspecified atom stereocenters. The van der Waals surface area contributed by atoms with Crippen LogP contribution < -0.4 is 5.32 Å². The summed E-state index contributed by atoms with van der Waals surface area (Å²) in [4.78, 5) is 17.4. The average Bonchev–Trinajstić information content (AvgIpc) is 3.06. The van der Waals surface area contributed by atoms with Gasteiger partial charge in [0.05, 0.1) is 0 Å². The molecule has 0 radical (unpaired) electrons. The lowest BCUT2D eigenvalue weighted by Gasteiger charge is -2.04. The van der Waals surface area contributed by atoms with Crippen LogP contribution in [0.4, 0.5) is 5.13 Å².